The molecule has 26 heavy (non-hydrogen) atoms. The molecule has 0 aliphatic heterocycles. The second kappa shape index (κ2) is 6.51. The fourth-order valence-electron chi connectivity index (χ4n) is 2.30. The van der Waals surface area contributed by atoms with Crippen molar-refractivity contribution in [2.45, 2.75) is 6.18 Å². The van der Waals surface area contributed by atoms with E-state index in [9.17, 15) is 22.8 Å². The standard InChI is InChI=1S/C17H12F3N3O3/c1-26-15(25)10-4-2-9(3-5-10)14(24)21-11-6-7-12-13(8-11)23-16(22-12)17(18,19)20/h2-8H,1H3,(H,21,24)(H,22,23). The lowest BCUT2D eigenvalue weighted by Gasteiger charge is -2.06. The Balaban J connectivity index is 1.79. The van der Waals surface area contributed by atoms with E-state index in [-0.39, 0.29) is 16.6 Å². The second-order valence-corrected chi connectivity index (χ2v) is 5.34. The van der Waals surface area contributed by atoms with Crippen molar-refractivity contribution in [2.75, 3.05) is 12.4 Å². The van der Waals surface area contributed by atoms with E-state index < -0.39 is 23.9 Å². The zero-order chi connectivity index (χ0) is 18.9. The van der Waals surface area contributed by atoms with Crippen molar-refractivity contribution in [1.29, 1.82) is 0 Å². The number of halogens is 3. The maximum atomic E-state index is 12.7. The summed E-state index contributed by atoms with van der Waals surface area (Å²) in [7, 11) is 1.25. The van der Waals surface area contributed by atoms with E-state index in [0.717, 1.165) is 0 Å². The summed E-state index contributed by atoms with van der Waals surface area (Å²) >= 11 is 0. The number of imidazole rings is 1. The van der Waals surface area contributed by atoms with Crippen LogP contribution >= 0.6 is 0 Å². The van der Waals surface area contributed by atoms with Crippen LogP contribution in [0.2, 0.25) is 0 Å². The molecule has 3 aromatic rings. The molecule has 2 aromatic carbocycles. The number of nitrogens with one attached hydrogen (secondary N) is 2. The first-order chi connectivity index (χ1) is 12.3. The molecular weight excluding hydrogens is 351 g/mol. The smallest absolute Gasteiger partial charge is 0.449 e. The highest BCUT2D eigenvalue weighted by Crippen LogP contribution is 2.29. The first-order valence-corrected chi connectivity index (χ1v) is 7.34. The first kappa shape index (κ1) is 17.5. The Hall–Kier alpha value is -3.36. The van der Waals surface area contributed by atoms with Gasteiger partial charge in [-0.15, -0.1) is 0 Å². The number of methoxy groups -OCH3 is 1. The quantitative estimate of drug-likeness (QED) is 0.696. The molecular formula is C17H12F3N3O3. The number of aromatic amines is 1. The van der Waals surface area contributed by atoms with Crippen LogP contribution in [-0.4, -0.2) is 29.0 Å². The summed E-state index contributed by atoms with van der Waals surface area (Å²) in [4.78, 5) is 29.3. The SMILES string of the molecule is COC(=O)c1ccc(C(=O)Nc2ccc3[nH]c(C(F)(F)F)nc3c2)cc1. The summed E-state index contributed by atoms with van der Waals surface area (Å²) in [6.45, 7) is 0. The molecule has 0 bridgehead atoms. The fraction of sp³-hybridized carbons (Fsp3) is 0.118. The molecule has 0 aliphatic carbocycles. The van der Waals surface area contributed by atoms with E-state index >= 15 is 0 Å². The van der Waals surface area contributed by atoms with Crippen LogP contribution in [0.4, 0.5) is 18.9 Å². The number of esters is 1. The minimum Gasteiger partial charge on any atom is -0.465 e. The third kappa shape index (κ3) is 3.51. The Kier molecular flexibility index (Phi) is 4.37. The number of nitrogens with zero attached hydrogens (tertiary/aromatic N) is 1. The molecule has 1 amide bonds. The fourth-order valence-corrected chi connectivity index (χ4v) is 2.30. The molecule has 0 saturated heterocycles. The third-order valence-electron chi connectivity index (χ3n) is 3.58. The van der Waals surface area contributed by atoms with Gasteiger partial charge in [0.25, 0.3) is 5.91 Å². The van der Waals surface area contributed by atoms with E-state index in [2.05, 4.69) is 20.0 Å². The van der Waals surface area contributed by atoms with Crippen LogP contribution in [0, 0.1) is 0 Å². The van der Waals surface area contributed by atoms with Crippen molar-refractivity contribution in [1.82, 2.24) is 9.97 Å². The summed E-state index contributed by atoms with van der Waals surface area (Å²) in [6.07, 6.45) is -4.58. The van der Waals surface area contributed by atoms with Crippen molar-refractivity contribution in [3.05, 3.63) is 59.4 Å². The van der Waals surface area contributed by atoms with Crippen LogP contribution in [-0.2, 0) is 10.9 Å². The molecule has 3 rings (SSSR count). The van der Waals surface area contributed by atoms with E-state index in [1.807, 2.05) is 0 Å². The van der Waals surface area contributed by atoms with Gasteiger partial charge < -0.3 is 15.0 Å². The van der Waals surface area contributed by atoms with Gasteiger partial charge in [-0.1, -0.05) is 0 Å². The van der Waals surface area contributed by atoms with Crippen LogP contribution in [0.1, 0.15) is 26.5 Å². The van der Waals surface area contributed by atoms with Crippen LogP contribution in [0.15, 0.2) is 42.5 Å². The first-order valence-electron chi connectivity index (χ1n) is 7.34. The van der Waals surface area contributed by atoms with Gasteiger partial charge in [-0.2, -0.15) is 13.2 Å². The van der Waals surface area contributed by atoms with E-state index in [1.54, 1.807) is 0 Å². The number of anilines is 1. The summed E-state index contributed by atoms with van der Waals surface area (Å²) < 4.78 is 42.6. The highest BCUT2D eigenvalue weighted by atomic mass is 19.4. The zero-order valence-corrected chi connectivity index (χ0v) is 13.3. The number of carbonyl (C=O) groups is 2. The molecule has 0 radical (unpaired) electrons. The average molecular weight is 363 g/mol. The number of aromatic nitrogens is 2. The van der Waals surface area contributed by atoms with Gasteiger partial charge in [0.2, 0.25) is 5.82 Å². The number of fused-ring (bicyclic) bond motifs is 1. The Bertz CT molecular complexity index is 978. The van der Waals surface area contributed by atoms with Gasteiger partial charge in [-0.25, -0.2) is 9.78 Å². The van der Waals surface area contributed by atoms with Gasteiger partial charge in [-0.05, 0) is 42.5 Å². The molecule has 0 aliphatic rings. The van der Waals surface area contributed by atoms with Gasteiger partial charge in [0.05, 0.1) is 23.7 Å². The minimum absolute atomic E-state index is 0.0798. The van der Waals surface area contributed by atoms with E-state index in [4.69, 9.17) is 0 Å². The second-order valence-electron chi connectivity index (χ2n) is 5.34. The molecule has 2 N–H and O–H groups in total. The lowest BCUT2D eigenvalue weighted by molar-refractivity contribution is -0.144. The Labute approximate surface area is 145 Å². The van der Waals surface area contributed by atoms with Gasteiger partial charge in [0.15, 0.2) is 0 Å². The maximum absolute atomic E-state index is 12.7. The summed E-state index contributed by atoms with van der Waals surface area (Å²) in [6, 6.07) is 9.95. The summed E-state index contributed by atoms with van der Waals surface area (Å²) in [5, 5.41) is 2.57. The molecule has 9 heteroatoms. The van der Waals surface area contributed by atoms with E-state index in [1.165, 1.54) is 49.6 Å². The van der Waals surface area contributed by atoms with Crippen LogP contribution in [0.3, 0.4) is 0 Å². The number of alkyl halides is 3. The van der Waals surface area contributed by atoms with Crippen molar-refractivity contribution in [2.24, 2.45) is 0 Å². The molecule has 134 valence electrons. The number of benzene rings is 2. The molecule has 0 fully saturated rings. The highest BCUT2D eigenvalue weighted by molar-refractivity contribution is 6.05. The van der Waals surface area contributed by atoms with Gasteiger partial charge in [0.1, 0.15) is 0 Å². The number of hydrogen-bond donors (Lipinski definition) is 2. The largest absolute Gasteiger partial charge is 0.465 e. The monoisotopic (exact) mass is 363 g/mol. The van der Waals surface area contributed by atoms with Crippen LogP contribution in [0.5, 0.6) is 0 Å². The molecule has 0 unspecified atom stereocenters. The molecule has 0 saturated carbocycles. The highest BCUT2D eigenvalue weighted by Gasteiger charge is 2.34. The van der Waals surface area contributed by atoms with Crippen LogP contribution in [0.25, 0.3) is 11.0 Å². The number of carbonyl (C=O) groups excluding carboxylic acids is 2. The van der Waals surface area contributed by atoms with Crippen LogP contribution < -0.4 is 5.32 Å². The van der Waals surface area contributed by atoms with E-state index in [0.29, 0.717) is 11.3 Å². The van der Waals surface area contributed by atoms with Gasteiger partial charge in [0, 0.05) is 11.3 Å². The van der Waals surface area contributed by atoms with Crippen molar-refractivity contribution < 1.29 is 27.5 Å². The Morgan fingerprint density at radius 3 is 2.35 bits per heavy atom. The number of amides is 1. The van der Waals surface area contributed by atoms with Crippen molar-refractivity contribution in [3.8, 4) is 0 Å². The normalized spacial score (nSPS) is 11.4. The number of rotatable bonds is 3. The molecule has 0 atom stereocenters. The predicted molar refractivity (Wildman–Crippen MR) is 86.8 cm³/mol. The average Bonchev–Trinajstić information content (AvgIpc) is 3.05. The lowest BCUT2D eigenvalue weighted by atomic mass is 10.1. The molecule has 1 aromatic heterocycles. The number of ether oxygens (including phenoxy) is 1. The molecule has 1 heterocycles. The summed E-state index contributed by atoms with van der Waals surface area (Å²) in [5.74, 6) is -2.11. The Morgan fingerprint density at radius 1 is 1.08 bits per heavy atom. The number of H-pyrrole nitrogens is 1. The van der Waals surface area contributed by atoms with Gasteiger partial charge in [-0.3, -0.25) is 4.79 Å². The maximum Gasteiger partial charge on any atom is 0.449 e. The predicted octanol–water partition coefficient (Wildman–Crippen LogP) is 3.62. The number of hydrogen-bond acceptors (Lipinski definition) is 4. The zero-order valence-electron chi connectivity index (χ0n) is 13.3. The molecule has 0 spiro atoms. The van der Waals surface area contributed by atoms with Crippen molar-refractivity contribution in [3.63, 3.8) is 0 Å². The minimum atomic E-state index is -4.58. The Morgan fingerprint density at radius 2 is 1.73 bits per heavy atom. The van der Waals surface area contributed by atoms with Crippen molar-refractivity contribution >= 4 is 28.6 Å². The lowest BCUT2D eigenvalue weighted by Crippen LogP contribution is -2.12. The van der Waals surface area contributed by atoms with Gasteiger partial charge >= 0.3 is 12.1 Å². The molecule has 6 nitrogen and oxygen atoms in total. The topological polar surface area (TPSA) is 84.1 Å². The third-order valence-corrected chi connectivity index (χ3v) is 3.58. The summed E-state index contributed by atoms with van der Waals surface area (Å²) in [5.41, 5.74) is 1.14.